The number of nitrogens with zero attached hydrogens (tertiary/aromatic N) is 3. The van der Waals surface area contributed by atoms with Crippen LogP contribution in [0.2, 0.25) is 0 Å². The number of aromatic nitrogens is 2. The highest BCUT2D eigenvalue weighted by atomic mass is 19.4. The maximum Gasteiger partial charge on any atom is 0.471 e. The van der Waals surface area contributed by atoms with Crippen LogP contribution in [0.25, 0.3) is 11.4 Å². The SMILES string of the molecule is CN[C@H](CN1CC[C@H](O)C1)c1cccc(-c2noc(C(F)(F)F)n2)c1. The van der Waals surface area contributed by atoms with Gasteiger partial charge in [-0.25, -0.2) is 0 Å². The zero-order chi connectivity index (χ0) is 18.0. The van der Waals surface area contributed by atoms with E-state index in [1.807, 2.05) is 13.1 Å². The zero-order valence-corrected chi connectivity index (χ0v) is 13.6. The van der Waals surface area contributed by atoms with Gasteiger partial charge in [0, 0.05) is 31.2 Å². The van der Waals surface area contributed by atoms with Gasteiger partial charge in [0.2, 0.25) is 5.82 Å². The number of alkyl halides is 3. The zero-order valence-electron chi connectivity index (χ0n) is 13.6. The first-order valence-electron chi connectivity index (χ1n) is 7.95. The van der Waals surface area contributed by atoms with E-state index in [4.69, 9.17) is 0 Å². The molecule has 1 aromatic carbocycles. The molecule has 136 valence electrons. The van der Waals surface area contributed by atoms with E-state index in [-0.39, 0.29) is 18.0 Å². The van der Waals surface area contributed by atoms with Crippen molar-refractivity contribution >= 4 is 0 Å². The quantitative estimate of drug-likeness (QED) is 0.855. The van der Waals surface area contributed by atoms with Gasteiger partial charge in [-0.2, -0.15) is 18.2 Å². The standard InChI is InChI=1S/C16H19F3N4O2/c1-20-13(9-23-6-5-12(24)8-23)10-3-2-4-11(7-10)14-21-15(25-22-14)16(17,18)19/h2-4,7,12-13,20,24H,5-6,8-9H2,1H3/t12-,13+/m0/s1. The Kier molecular flexibility index (Phi) is 5.07. The van der Waals surface area contributed by atoms with Crippen molar-refractivity contribution in [1.29, 1.82) is 0 Å². The molecule has 2 atom stereocenters. The van der Waals surface area contributed by atoms with Crippen LogP contribution in [0.5, 0.6) is 0 Å². The molecule has 0 aliphatic carbocycles. The largest absolute Gasteiger partial charge is 0.471 e. The van der Waals surface area contributed by atoms with Crippen LogP contribution in [0.1, 0.15) is 23.9 Å². The molecular formula is C16H19F3N4O2. The molecule has 0 bridgehead atoms. The van der Waals surface area contributed by atoms with Crippen LogP contribution >= 0.6 is 0 Å². The van der Waals surface area contributed by atoms with Crippen molar-refractivity contribution in [1.82, 2.24) is 20.4 Å². The van der Waals surface area contributed by atoms with Gasteiger partial charge in [0.05, 0.1) is 6.10 Å². The molecule has 9 heteroatoms. The van der Waals surface area contributed by atoms with Crippen molar-refractivity contribution in [3.8, 4) is 11.4 Å². The summed E-state index contributed by atoms with van der Waals surface area (Å²) in [7, 11) is 1.82. The van der Waals surface area contributed by atoms with E-state index in [0.717, 1.165) is 18.5 Å². The number of hydrogen-bond donors (Lipinski definition) is 2. The Hall–Kier alpha value is -1.97. The molecule has 1 aromatic heterocycles. The van der Waals surface area contributed by atoms with Crippen LogP contribution in [0, 0.1) is 0 Å². The monoisotopic (exact) mass is 356 g/mol. The van der Waals surface area contributed by atoms with E-state index in [0.29, 0.717) is 18.7 Å². The molecule has 0 unspecified atom stereocenters. The fourth-order valence-electron chi connectivity index (χ4n) is 2.95. The van der Waals surface area contributed by atoms with Crippen molar-refractivity contribution in [2.75, 3.05) is 26.7 Å². The van der Waals surface area contributed by atoms with Crippen molar-refractivity contribution in [2.45, 2.75) is 24.7 Å². The Morgan fingerprint density at radius 3 is 2.84 bits per heavy atom. The van der Waals surface area contributed by atoms with Crippen molar-refractivity contribution in [2.24, 2.45) is 0 Å². The van der Waals surface area contributed by atoms with Gasteiger partial charge in [-0.05, 0) is 25.1 Å². The van der Waals surface area contributed by atoms with E-state index in [1.54, 1.807) is 18.2 Å². The van der Waals surface area contributed by atoms with Crippen LogP contribution in [-0.4, -0.2) is 52.9 Å². The maximum absolute atomic E-state index is 12.6. The number of likely N-dealkylation sites (tertiary alicyclic amines) is 1. The Labute approximate surface area is 142 Å². The number of β-amino-alcohol motifs (C(OH)–C–C–N with tert-alkyl or cyclic N) is 1. The topological polar surface area (TPSA) is 74.4 Å². The molecule has 3 rings (SSSR count). The highest BCUT2D eigenvalue weighted by molar-refractivity contribution is 5.55. The van der Waals surface area contributed by atoms with Gasteiger partial charge in [0.1, 0.15) is 0 Å². The summed E-state index contributed by atoms with van der Waals surface area (Å²) in [5.41, 5.74) is 1.36. The second-order valence-corrected chi connectivity index (χ2v) is 6.09. The van der Waals surface area contributed by atoms with Gasteiger partial charge in [-0.1, -0.05) is 23.4 Å². The van der Waals surface area contributed by atoms with E-state index in [1.165, 1.54) is 0 Å². The minimum absolute atomic E-state index is 0.0285. The number of rotatable bonds is 5. The summed E-state index contributed by atoms with van der Waals surface area (Å²) in [6.45, 7) is 2.13. The lowest BCUT2D eigenvalue weighted by Crippen LogP contribution is -2.33. The molecule has 1 fully saturated rings. The Morgan fingerprint density at radius 2 is 2.24 bits per heavy atom. The molecule has 2 heterocycles. The second-order valence-electron chi connectivity index (χ2n) is 6.09. The summed E-state index contributed by atoms with van der Waals surface area (Å²) in [4.78, 5) is 5.57. The lowest BCUT2D eigenvalue weighted by molar-refractivity contribution is -0.159. The van der Waals surface area contributed by atoms with Crippen LogP contribution in [0.3, 0.4) is 0 Å². The molecule has 1 aliphatic rings. The molecule has 0 amide bonds. The number of nitrogens with one attached hydrogen (secondary N) is 1. The summed E-state index contributed by atoms with van der Waals surface area (Å²) >= 11 is 0. The Balaban J connectivity index is 1.79. The van der Waals surface area contributed by atoms with E-state index in [2.05, 4.69) is 24.9 Å². The number of likely N-dealkylation sites (N-methyl/N-ethyl adjacent to an activating group) is 1. The third kappa shape index (κ3) is 4.17. The normalized spacial score (nSPS) is 20.1. The molecule has 25 heavy (non-hydrogen) atoms. The first kappa shape index (κ1) is 17.8. The lowest BCUT2D eigenvalue weighted by Gasteiger charge is -2.23. The van der Waals surface area contributed by atoms with Gasteiger partial charge >= 0.3 is 12.1 Å². The molecule has 1 aliphatic heterocycles. The molecule has 0 radical (unpaired) electrons. The first-order valence-corrected chi connectivity index (χ1v) is 7.95. The van der Waals surface area contributed by atoms with Gasteiger partial charge < -0.3 is 14.9 Å². The van der Waals surface area contributed by atoms with Crippen molar-refractivity contribution < 1.29 is 22.8 Å². The van der Waals surface area contributed by atoms with Gasteiger partial charge in [0.25, 0.3) is 0 Å². The van der Waals surface area contributed by atoms with Crippen LogP contribution in [0.15, 0.2) is 28.8 Å². The number of halogens is 3. The van der Waals surface area contributed by atoms with Crippen molar-refractivity contribution in [3.05, 3.63) is 35.7 Å². The fourth-order valence-corrected chi connectivity index (χ4v) is 2.95. The average Bonchev–Trinajstić information content (AvgIpc) is 3.21. The van der Waals surface area contributed by atoms with Gasteiger partial charge in [-0.15, -0.1) is 0 Å². The lowest BCUT2D eigenvalue weighted by atomic mass is 10.0. The Bertz CT molecular complexity index is 719. The van der Waals surface area contributed by atoms with E-state index in [9.17, 15) is 18.3 Å². The summed E-state index contributed by atoms with van der Waals surface area (Å²) < 4.78 is 42.1. The molecule has 0 saturated carbocycles. The molecule has 1 saturated heterocycles. The predicted octanol–water partition coefficient (Wildman–Crippen LogP) is 2.08. The molecule has 6 nitrogen and oxygen atoms in total. The minimum atomic E-state index is -4.66. The second kappa shape index (κ2) is 7.11. The third-order valence-electron chi connectivity index (χ3n) is 4.25. The summed E-state index contributed by atoms with van der Waals surface area (Å²) in [6.07, 6.45) is -4.21. The highest BCUT2D eigenvalue weighted by Gasteiger charge is 2.38. The number of hydrogen-bond acceptors (Lipinski definition) is 6. The molecule has 0 spiro atoms. The van der Waals surface area contributed by atoms with Crippen molar-refractivity contribution in [3.63, 3.8) is 0 Å². The van der Waals surface area contributed by atoms with Crippen LogP contribution in [0.4, 0.5) is 13.2 Å². The van der Waals surface area contributed by atoms with Gasteiger partial charge in [-0.3, -0.25) is 4.90 Å². The van der Waals surface area contributed by atoms with Gasteiger partial charge in [0.15, 0.2) is 0 Å². The molecule has 2 aromatic rings. The number of aliphatic hydroxyl groups excluding tert-OH is 1. The number of aliphatic hydroxyl groups is 1. The van der Waals surface area contributed by atoms with Crippen LogP contribution < -0.4 is 5.32 Å². The van der Waals surface area contributed by atoms with E-state index < -0.39 is 12.1 Å². The molecular weight excluding hydrogens is 337 g/mol. The molecule has 2 N–H and O–H groups in total. The maximum atomic E-state index is 12.6. The minimum Gasteiger partial charge on any atom is -0.392 e. The smallest absolute Gasteiger partial charge is 0.392 e. The fraction of sp³-hybridized carbons (Fsp3) is 0.500. The summed E-state index contributed by atoms with van der Waals surface area (Å²) in [5.74, 6) is -1.45. The predicted molar refractivity (Wildman–Crippen MR) is 83.6 cm³/mol. The third-order valence-corrected chi connectivity index (χ3v) is 4.25. The average molecular weight is 356 g/mol. The van der Waals surface area contributed by atoms with Crippen LogP contribution in [-0.2, 0) is 6.18 Å². The summed E-state index contributed by atoms with van der Waals surface area (Å²) in [5, 5.41) is 16.3. The van der Waals surface area contributed by atoms with E-state index >= 15 is 0 Å². The Morgan fingerprint density at radius 1 is 1.44 bits per heavy atom. The highest BCUT2D eigenvalue weighted by Crippen LogP contribution is 2.30. The number of benzene rings is 1. The summed E-state index contributed by atoms with van der Waals surface area (Å²) in [6, 6.07) is 7.00. The first-order chi connectivity index (χ1) is 11.9.